The molecule has 0 saturated carbocycles. The van der Waals surface area contributed by atoms with E-state index < -0.39 is 11.2 Å². The number of benzene rings is 1. The topological polar surface area (TPSA) is 49.8 Å². The van der Waals surface area contributed by atoms with Gasteiger partial charge in [0.2, 0.25) is 0 Å². The standard InChI is InChI=1S/C17H24BrNO3/c1-12-11-17(21,13-5-7-14(18)8-6-13)9-10-19(12)15(20)22-16(2,3)4/h5-8,12,21H,9-11H2,1-4H3. The first-order valence-corrected chi connectivity index (χ1v) is 8.38. The number of carbonyl (C=O) groups excluding carboxylic acids is 1. The van der Waals surface area contributed by atoms with E-state index in [4.69, 9.17) is 4.74 Å². The first kappa shape index (κ1) is 17.3. The van der Waals surface area contributed by atoms with Crippen molar-refractivity contribution < 1.29 is 14.6 Å². The number of ether oxygens (including phenoxy) is 1. The van der Waals surface area contributed by atoms with Crippen LogP contribution in [0.15, 0.2) is 28.7 Å². The number of piperidine rings is 1. The van der Waals surface area contributed by atoms with Crippen LogP contribution in [0.25, 0.3) is 0 Å². The molecule has 0 radical (unpaired) electrons. The van der Waals surface area contributed by atoms with Crippen molar-refractivity contribution in [2.45, 2.75) is 57.8 Å². The SMILES string of the molecule is CC1CC(O)(c2ccc(Br)cc2)CCN1C(=O)OC(C)(C)C. The Kier molecular flexibility index (Phi) is 4.87. The number of nitrogens with zero attached hydrogens (tertiary/aromatic N) is 1. The zero-order chi connectivity index (χ0) is 16.5. The molecule has 1 aliphatic rings. The molecule has 22 heavy (non-hydrogen) atoms. The van der Waals surface area contributed by atoms with Crippen LogP contribution in [-0.2, 0) is 10.3 Å². The van der Waals surface area contributed by atoms with Crippen LogP contribution >= 0.6 is 15.9 Å². The van der Waals surface area contributed by atoms with E-state index in [1.807, 2.05) is 52.0 Å². The van der Waals surface area contributed by atoms with Crippen LogP contribution in [0, 0.1) is 0 Å². The number of hydrogen-bond acceptors (Lipinski definition) is 3. The predicted octanol–water partition coefficient (Wildman–Crippen LogP) is 4.06. The molecule has 1 N–H and O–H groups in total. The van der Waals surface area contributed by atoms with Gasteiger partial charge in [-0.1, -0.05) is 28.1 Å². The van der Waals surface area contributed by atoms with Gasteiger partial charge < -0.3 is 14.7 Å². The lowest BCUT2D eigenvalue weighted by molar-refractivity contribution is -0.0546. The zero-order valence-electron chi connectivity index (χ0n) is 13.6. The molecule has 1 aromatic rings. The van der Waals surface area contributed by atoms with Crippen LogP contribution in [0.5, 0.6) is 0 Å². The van der Waals surface area contributed by atoms with Gasteiger partial charge in [0, 0.05) is 23.5 Å². The lowest BCUT2D eigenvalue weighted by Gasteiger charge is -2.43. The van der Waals surface area contributed by atoms with Gasteiger partial charge in [-0.2, -0.15) is 0 Å². The number of carbonyl (C=O) groups is 1. The van der Waals surface area contributed by atoms with Crippen molar-refractivity contribution in [3.8, 4) is 0 Å². The van der Waals surface area contributed by atoms with Crippen LogP contribution in [-0.4, -0.2) is 34.3 Å². The van der Waals surface area contributed by atoms with Crippen LogP contribution in [0.1, 0.15) is 46.1 Å². The van der Waals surface area contributed by atoms with Gasteiger partial charge in [0.1, 0.15) is 5.60 Å². The van der Waals surface area contributed by atoms with E-state index in [-0.39, 0.29) is 12.1 Å². The molecule has 2 unspecified atom stereocenters. The fraction of sp³-hybridized carbons (Fsp3) is 0.588. The molecule has 5 heteroatoms. The molecule has 2 rings (SSSR count). The van der Waals surface area contributed by atoms with E-state index >= 15 is 0 Å². The Morgan fingerprint density at radius 2 is 1.95 bits per heavy atom. The number of hydrogen-bond donors (Lipinski definition) is 1. The highest BCUT2D eigenvalue weighted by atomic mass is 79.9. The van der Waals surface area contributed by atoms with Crippen molar-refractivity contribution in [2.75, 3.05) is 6.54 Å². The summed E-state index contributed by atoms with van der Waals surface area (Å²) in [4.78, 5) is 13.9. The molecule has 1 aromatic carbocycles. The van der Waals surface area contributed by atoms with Crippen molar-refractivity contribution in [2.24, 2.45) is 0 Å². The zero-order valence-corrected chi connectivity index (χ0v) is 15.2. The highest BCUT2D eigenvalue weighted by Gasteiger charge is 2.40. The summed E-state index contributed by atoms with van der Waals surface area (Å²) in [6.45, 7) is 8.02. The third-order valence-electron chi connectivity index (χ3n) is 3.94. The van der Waals surface area contributed by atoms with Crippen molar-refractivity contribution in [1.29, 1.82) is 0 Å². The maximum Gasteiger partial charge on any atom is 0.410 e. The molecule has 4 nitrogen and oxygen atoms in total. The Balaban J connectivity index is 2.09. The molecule has 1 fully saturated rings. The lowest BCUT2D eigenvalue weighted by Crippen LogP contribution is -2.51. The summed E-state index contributed by atoms with van der Waals surface area (Å²) in [5.41, 5.74) is -0.499. The minimum atomic E-state index is -0.890. The molecular weight excluding hydrogens is 346 g/mol. The maximum atomic E-state index is 12.2. The molecule has 0 aromatic heterocycles. The van der Waals surface area contributed by atoms with Gasteiger partial charge in [-0.05, 0) is 51.8 Å². The number of amides is 1. The van der Waals surface area contributed by atoms with Crippen LogP contribution in [0.3, 0.4) is 0 Å². The number of aliphatic hydroxyl groups is 1. The second-order valence-corrected chi connectivity index (χ2v) is 7.93. The third-order valence-corrected chi connectivity index (χ3v) is 4.47. The number of halogens is 1. The van der Waals surface area contributed by atoms with Crippen molar-refractivity contribution in [3.05, 3.63) is 34.3 Å². The smallest absolute Gasteiger partial charge is 0.410 e. The molecule has 1 amide bonds. The van der Waals surface area contributed by atoms with E-state index in [1.165, 1.54) is 0 Å². The van der Waals surface area contributed by atoms with E-state index in [0.717, 1.165) is 10.0 Å². The highest BCUT2D eigenvalue weighted by Crippen LogP contribution is 2.36. The second kappa shape index (κ2) is 6.20. The monoisotopic (exact) mass is 369 g/mol. The normalized spacial score (nSPS) is 25.9. The average molecular weight is 370 g/mol. The molecule has 0 aliphatic carbocycles. The number of rotatable bonds is 1. The Bertz CT molecular complexity index is 538. The Morgan fingerprint density at radius 3 is 2.45 bits per heavy atom. The largest absolute Gasteiger partial charge is 0.444 e. The maximum absolute atomic E-state index is 12.2. The predicted molar refractivity (Wildman–Crippen MR) is 89.7 cm³/mol. The third kappa shape index (κ3) is 4.02. The van der Waals surface area contributed by atoms with E-state index in [2.05, 4.69) is 15.9 Å². The number of likely N-dealkylation sites (tertiary alicyclic amines) is 1. The summed E-state index contributed by atoms with van der Waals surface area (Å²) in [6.07, 6.45) is 0.712. The molecule has 2 atom stereocenters. The lowest BCUT2D eigenvalue weighted by atomic mass is 9.81. The molecular formula is C17H24BrNO3. The Morgan fingerprint density at radius 1 is 1.36 bits per heavy atom. The minimum absolute atomic E-state index is 0.0720. The first-order chi connectivity index (χ1) is 10.1. The van der Waals surface area contributed by atoms with Crippen molar-refractivity contribution in [1.82, 2.24) is 4.90 Å². The molecule has 0 spiro atoms. The fourth-order valence-corrected chi connectivity index (χ4v) is 3.11. The van der Waals surface area contributed by atoms with E-state index in [1.54, 1.807) is 4.90 Å². The van der Waals surface area contributed by atoms with Crippen LogP contribution < -0.4 is 0 Å². The second-order valence-electron chi connectivity index (χ2n) is 7.02. The molecule has 0 bridgehead atoms. The van der Waals surface area contributed by atoms with E-state index in [9.17, 15) is 9.90 Å². The van der Waals surface area contributed by atoms with Crippen molar-refractivity contribution >= 4 is 22.0 Å². The summed E-state index contributed by atoms with van der Waals surface area (Å²) >= 11 is 3.40. The Labute approximate surface area is 140 Å². The molecule has 1 saturated heterocycles. The quantitative estimate of drug-likeness (QED) is 0.811. The Hall–Kier alpha value is -1.07. The van der Waals surface area contributed by atoms with Crippen LogP contribution in [0.2, 0.25) is 0 Å². The molecule has 122 valence electrons. The van der Waals surface area contributed by atoms with E-state index in [0.29, 0.717) is 19.4 Å². The minimum Gasteiger partial charge on any atom is -0.444 e. The van der Waals surface area contributed by atoms with Gasteiger partial charge in [0.15, 0.2) is 0 Å². The van der Waals surface area contributed by atoms with Gasteiger partial charge in [0.05, 0.1) is 5.60 Å². The van der Waals surface area contributed by atoms with Gasteiger partial charge in [0.25, 0.3) is 0 Å². The summed E-state index contributed by atoms with van der Waals surface area (Å²) in [5, 5.41) is 10.9. The highest BCUT2D eigenvalue weighted by molar-refractivity contribution is 9.10. The summed E-state index contributed by atoms with van der Waals surface area (Å²) < 4.78 is 6.42. The van der Waals surface area contributed by atoms with Crippen LogP contribution in [0.4, 0.5) is 4.79 Å². The molecule has 1 aliphatic heterocycles. The average Bonchev–Trinajstić information content (AvgIpc) is 2.36. The summed E-state index contributed by atoms with van der Waals surface area (Å²) in [5.74, 6) is 0. The van der Waals surface area contributed by atoms with Gasteiger partial charge in [-0.25, -0.2) is 4.79 Å². The van der Waals surface area contributed by atoms with Crippen molar-refractivity contribution in [3.63, 3.8) is 0 Å². The van der Waals surface area contributed by atoms with Gasteiger partial charge >= 0.3 is 6.09 Å². The first-order valence-electron chi connectivity index (χ1n) is 7.59. The fourth-order valence-electron chi connectivity index (χ4n) is 2.84. The van der Waals surface area contributed by atoms with Gasteiger partial charge in [-0.15, -0.1) is 0 Å². The molecule has 1 heterocycles. The van der Waals surface area contributed by atoms with Gasteiger partial charge in [-0.3, -0.25) is 0 Å². The summed E-state index contributed by atoms with van der Waals surface area (Å²) in [7, 11) is 0. The summed E-state index contributed by atoms with van der Waals surface area (Å²) in [6, 6.07) is 7.65.